The Balaban J connectivity index is 2.01. The van der Waals surface area contributed by atoms with Crippen LogP contribution in [0.25, 0.3) is 0 Å². The summed E-state index contributed by atoms with van der Waals surface area (Å²) in [5, 5.41) is 13.6. The summed E-state index contributed by atoms with van der Waals surface area (Å²) in [5.74, 6) is 0.930. The van der Waals surface area contributed by atoms with Crippen molar-refractivity contribution >= 4 is 27.7 Å². The molecule has 6 nitrogen and oxygen atoms in total. The molecule has 1 aromatic rings. The zero-order valence-electron chi connectivity index (χ0n) is 18.7. The monoisotopic (exact) mass is 474 g/mol. The quantitative estimate of drug-likeness (QED) is 0.428. The van der Waals surface area contributed by atoms with E-state index in [4.69, 9.17) is 0 Å². The van der Waals surface area contributed by atoms with Crippen LogP contribution in [0.2, 0.25) is 0 Å². The molecule has 0 spiro atoms. The highest BCUT2D eigenvalue weighted by Gasteiger charge is 2.33. The summed E-state index contributed by atoms with van der Waals surface area (Å²) in [7, 11) is -3.62. The molecule has 0 bridgehead atoms. The first kappa shape index (κ1) is 26.1. The number of hydrogen-bond acceptors (Lipinski definition) is 5. The van der Waals surface area contributed by atoms with Gasteiger partial charge in [0, 0.05) is 10.6 Å². The predicted octanol–water partition coefficient (Wildman–Crippen LogP) is 3.16. The van der Waals surface area contributed by atoms with Crippen LogP contribution in [0.1, 0.15) is 46.5 Å². The van der Waals surface area contributed by atoms with Gasteiger partial charge in [-0.3, -0.25) is 4.79 Å². The van der Waals surface area contributed by atoms with E-state index in [0.717, 1.165) is 24.0 Å². The Hall–Kier alpha value is -1.16. The van der Waals surface area contributed by atoms with Crippen molar-refractivity contribution in [3.8, 4) is 0 Å². The number of carbonyl (C=O) groups is 1. The topological polar surface area (TPSA) is 95.5 Å². The molecule has 0 heterocycles. The number of aliphatic hydroxyl groups is 1. The lowest BCUT2D eigenvalue weighted by molar-refractivity contribution is -0.124. The van der Waals surface area contributed by atoms with Crippen LogP contribution in [0.3, 0.4) is 0 Å². The Labute approximate surface area is 189 Å². The van der Waals surface area contributed by atoms with Gasteiger partial charge in [-0.25, -0.2) is 17.5 Å². The summed E-state index contributed by atoms with van der Waals surface area (Å²) in [5.41, 5.74) is 0. The van der Waals surface area contributed by atoms with Gasteiger partial charge in [0.15, 0.2) is 0 Å². The molecule has 1 fully saturated rings. The summed E-state index contributed by atoms with van der Waals surface area (Å²) in [6, 6.07) is 4.34. The first-order valence-electron chi connectivity index (χ1n) is 10.8. The van der Waals surface area contributed by atoms with Gasteiger partial charge in [-0.15, -0.1) is 11.8 Å². The number of benzene rings is 1. The molecule has 31 heavy (non-hydrogen) atoms. The fraction of sp³-hybridized carbons (Fsp3) is 0.682. The molecular weight excluding hydrogens is 439 g/mol. The van der Waals surface area contributed by atoms with Gasteiger partial charge in [0.05, 0.1) is 18.4 Å². The Morgan fingerprint density at radius 1 is 1.26 bits per heavy atom. The van der Waals surface area contributed by atoms with Crippen LogP contribution in [0.5, 0.6) is 0 Å². The third kappa shape index (κ3) is 8.71. The molecule has 0 aliphatic heterocycles. The Morgan fingerprint density at radius 2 is 1.90 bits per heavy atom. The molecular formula is C22H35FN2O4S2. The van der Waals surface area contributed by atoms with Crippen LogP contribution < -0.4 is 10.0 Å². The minimum Gasteiger partial charge on any atom is -0.391 e. The van der Waals surface area contributed by atoms with E-state index >= 15 is 0 Å². The molecule has 2 rings (SSSR count). The summed E-state index contributed by atoms with van der Waals surface area (Å²) in [6.45, 7) is 6.32. The van der Waals surface area contributed by atoms with Gasteiger partial charge in [-0.05, 0) is 67.7 Å². The number of amides is 1. The summed E-state index contributed by atoms with van der Waals surface area (Å²) in [6.07, 6.45) is 3.72. The SMILES string of the molecule is CCC(NC(=O)C(CSc1ccc(F)cc1)NS(C)(=O)=O)C(O)CC1CC(C)CC1C. The third-order valence-electron chi connectivity index (χ3n) is 5.96. The number of thioether (sulfide) groups is 1. The van der Waals surface area contributed by atoms with E-state index < -0.39 is 34.1 Å². The fourth-order valence-electron chi connectivity index (χ4n) is 4.36. The summed E-state index contributed by atoms with van der Waals surface area (Å²) >= 11 is 1.26. The van der Waals surface area contributed by atoms with Gasteiger partial charge in [0.25, 0.3) is 0 Å². The van der Waals surface area contributed by atoms with Crippen molar-refractivity contribution < 1.29 is 22.7 Å². The van der Waals surface area contributed by atoms with Crippen LogP contribution in [-0.4, -0.2) is 49.6 Å². The highest BCUT2D eigenvalue weighted by atomic mass is 32.2. The molecule has 1 aliphatic carbocycles. The lowest BCUT2D eigenvalue weighted by Crippen LogP contribution is -2.53. The number of rotatable bonds is 11. The lowest BCUT2D eigenvalue weighted by atomic mass is 9.89. The Bertz CT molecular complexity index is 819. The molecule has 1 aliphatic rings. The molecule has 3 N–H and O–H groups in total. The Morgan fingerprint density at radius 3 is 2.42 bits per heavy atom. The van der Waals surface area contributed by atoms with Crippen molar-refractivity contribution in [2.45, 2.75) is 69.5 Å². The van der Waals surface area contributed by atoms with E-state index in [1.54, 1.807) is 12.1 Å². The molecule has 176 valence electrons. The van der Waals surface area contributed by atoms with Gasteiger partial charge >= 0.3 is 0 Å². The second-order valence-corrected chi connectivity index (χ2v) is 11.7. The van der Waals surface area contributed by atoms with Crippen LogP contribution in [0.15, 0.2) is 29.2 Å². The molecule has 1 aromatic carbocycles. The smallest absolute Gasteiger partial charge is 0.239 e. The van der Waals surface area contributed by atoms with Crippen molar-refractivity contribution in [1.29, 1.82) is 0 Å². The average molecular weight is 475 g/mol. The molecule has 1 saturated carbocycles. The maximum Gasteiger partial charge on any atom is 0.239 e. The lowest BCUT2D eigenvalue weighted by Gasteiger charge is -2.28. The number of hydrogen-bond donors (Lipinski definition) is 3. The number of aliphatic hydroxyl groups excluding tert-OH is 1. The number of sulfonamides is 1. The van der Waals surface area contributed by atoms with E-state index in [1.165, 1.54) is 23.9 Å². The first-order chi connectivity index (χ1) is 14.5. The number of carbonyl (C=O) groups excluding carboxylic acids is 1. The molecule has 1 amide bonds. The van der Waals surface area contributed by atoms with Crippen LogP contribution >= 0.6 is 11.8 Å². The summed E-state index contributed by atoms with van der Waals surface area (Å²) < 4.78 is 39.1. The van der Waals surface area contributed by atoms with E-state index in [2.05, 4.69) is 23.9 Å². The van der Waals surface area contributed by atoms with Crippen molar-refractivity contribution in [1.82, 2.24) is 10.0 Å². The highest BCUT2D eigenvalue weighted by Crippen LogP contribution is 2.38. The van der Waals surface area contributed by atoms with Crippen LogP contribution in [0, 0.1) is 23.6 Å². The van der Waals surface area contributed by atoms with E-state index in [9.17, 15) is 22.7 Å². The van der Waals surface area contributed by atoms with E-state index in [-0.39, 0.29) is 11.6 Å². The zero-order valence-corrected chi connectivity index (χ0v) is 20.3. The van der Waals surface area contributed by atoms with E-state index in [0.29, 0.717) is 30.6 Å². The van der Waals surface area contributed by atoms with Gasteiger partial charge in [0.1, 0.15) is 11.9 Å². The molecule has 9 heteroatoms. The minimum absolute atomic E-state index is 0.147. The van der Waals surface area contributed by atoms with Crippen molar-refractivity contribution in [2.75, 3.05) is 12.0 Å². The third-order valence-corrected chi connectivity index (χ3v) is 7.78. The van der Waals surface area contributed by atoms with Gasteiger partial charge < -0.3 is 10.4 Å². The maximum atomic E-state index is 13.1. The van der Waals surface area contributed by atoms with Crippen molar-refractivity contribution in [3.63, 3.8) is 0 Å². The average Bonchev–Trinajstić information content (AvgIpc) is 3.00. The van der Waals surface area contributed by atoms with Crippen LogP contribution in [-0.2, 0) is 14.8 Å². The standard InChI is InChI=1S/C22H35FN2O4S2/c1-5-19(21(26)12-16-11-14(2)10-15(16)3)24-22(27)20(25-31(4,28)29)13-30-18-8-6-17(23)7-9-18/h6-9,14-16,19-21,25-26H,5,10-13H2,1-4H3,(H,24,27). The maximum absolute atomic E-state index is 13.1. The minimum atomic E-state index is -3.62. The van der Waals surface area contributed by atoms with E-state index in [1.807, 2.05) is 6.92 Å². The second-order valence-electron chi connectivity index (χ2n) is 8.85. The van der Waals surface area contributed by atoms with Crippen molar-refractivity contribution in [2.24, 2.45) is 17.8 Å². The van der Waals surface area contributed by atoms with Crippen LogP contribution in [0.4, 0.5) is 4.39 Å². The first-order valence-corrected chi connectivity index (χ1v) is 13.7. The molecule has 6 atom stereocenters. The Kier molecular flexibility index (Phi) is 9.79. The molecule has 0 saturated heterocycles. The molecule has 6 unspecified atom stereocenters. The second kappa shape index (κ2) is 11.6. The number of halogens is 1. The molecule has 0 radical (unpaired) electrons. The number of nitrogens with one attached hydrogen (secondary N) is 2. The zero-order chi connectivity index (χ0) is 23.2. The van der Waals surface area contributed by atoms with Crippen molar-refractivity contribution in [3.05, 3.63) is 30.1 Å². The predicted molar refractivity (Wildman–Crippen MR) is 123 cm³/mol. The largest absolute Gasteiger partial charge is 0.391 e. The summed E-state index contributed by atoms with van der Waals surface area (Å²) in [4.78, 5) is 13.6. The fourth-order valence-corrected chi connectivity index (χ4v) is 6.10. The van der Waals surface area contributed by atoms with Gasteiger partial charge in [-0.2, -0.15) is 0 Å². The highest BCUT2D eigenvalue weighted by molar-refractivity contribution is 7.99. The normalized spacial score (nSPS) is 24.5. The van der Waals surface area contributed by atoms with Gasteiger partial charge in [-0.1, -0.05) is 20.8 Å². The molecule has 0 aromatic heterocycles. The van der Waals surface area contributed by atoms with Gasteiger partial charge in [0.2, 0.25) is 15.9 Å².